The van der Waals surface area contributed by atoms with Gasteiger partial charge in [-0.1, -0.05) is 6.92 Å². The summed E-state index contributed by atoms with van der Waals surface area (Å²) in [6.07, 6.45) is -4.33. The van der Waals surface area contributed by atoms with Crippen molar-refractivity contribution in [1.29, 1.82) is 0 Å². The Bertz CT molecular complexity index is 575. The maximum absolute atomic E-state index is 12.7. The molecule has 0 aliphatic carbocycles. The number of halogens is 3. The molecule has 0 spiro atoms. The first-order valence-electron chi connectivity index (χ1n) is 6.51. The van der Waals surface area contributed by atoms with E-state index < -0.39 is 42.2 Å². The minimum Gasteiger partial charge on any atom is -0.480 e. The molecule has 1 unspecified atom stereocenters. The molecule has 122 valence electrons. The summed E-state index contributed by atoms with van der Waals surface area (Å²) in [6, 6.07) is 0.655. The number of amides is 1. The van der Waals surface area contributed by atoms with E-state index in [0.29, 0.717) is 6.42 Å². The van der Waals surface area contributed by atoms with E-state index in [0.717, 1.165) is 11.0 Å². The number of nitrogens with zero attached hydrogens (tertiary/aromatic N) is 3. The van der Waals surface area contributed by atoms with Crippen molar-refractivity contribution in [3.05, 3.63) is 23.3 Å². The number of aliphatic carboxylic acids is 1. The third kappa shape index (κ3) is 4.40. The zero-order valence-corrected chi connectivity index (χ0v) is 12.3. The Morgan fingerprint density at radius 3 is 2.41 bits per heavy atom. The van der Waals surface area contributed by atoms with Gasteiger partial charge in [-0.2, -0.15) is 13.2 Å². The van der Waals surface area contributed by atoms with Crippen LogP contribution in [-0.2, 0) is 11.0 Å². The second kappa shape index (κ2) is 6.71. The van der Waals surface area contributed by atoms with Crippen molar-refractivity contribution < 1.29 is 27.9 Å². The van der Waals surface area contributed by atoms with Crippen molar-refractivity contribution in [3.8, 4) is 0 Å². The number of carbonyl (C=O) groups excluding carboxylic acids is 1. The van der Waals surface area contributed by atoms with Gasteiger partial charge in [0.05, 0.1) is 0 Å². The van der Waals surface area contributed by atoms with E-state index in [4.69, 9.17) is 5.11 Å². The van der Waals surface area contributed by atoms with Crippen molar-refractivity contribution in [3.63, 3.8) is 0 Å². The molecule has 1 aromatic heterocycles. The van der Waals surface area contributed by atoms with Crippen LogP contribution in [0.1, 0.15) is 42.3 Å². The number of carboxylic acid groups (broad SMARTS) is 1. The van der Waals surface area contributed by atoms with Crippen LogP contribution in [0.25, 0.3) is 0 Å². The Balaban J connectivity index is 3.24. The number of carboxylic acids is 1. The van der Waals surface area contributed by atoms with E-state index in [1.54, 1.807) is 13.8 Å². The fraction of sp³-hybridized carbons (Fsp3) is 0.538. The largest absolute Gasteiger partial charge is 0.480 e. The maximum Gasteiger partial charge on any atom is 0.451 e. The first-order chi connectivity index (χ1) is 10.1. The topological polar surface area (TPSA) is 83.4 Å². The van der Waals surface area contributed by atoms with Crippen molar-refractivity contribution in [2.75, 3.05) is 6.54 Å². The zero-order valence-electron chi connectivity index (χ0n) is 12.3. The van der Waals surface area contributed by atoms with Gasteiger partial charge in [-0.25, -0.2) is 9.97 Å². The van der Waals surface area contributed by atoms with Crippen LogP contribution in [0.5, 0.6) is 0 Å². The summed E-state index contributed by atoms with van der Waals surface area (Å²) in [5.41, 5.74) is -0.494. The summed E-state index contributed by atoms with van der Waals surface area (Å²) < 4.78 is 38.1. The van der Waals surface area contributed by atoms with Crippen LogP contribution in [-0.4, -0.2) is 44.4 Å². The lowest BCUT2D eigenvalue weighted by Crippen LogP contribution is -2.42. The van der Waals surface area contributed by atoms with Crippen molar-refractivity contribution in [2.24, 2.45) is 0 Å². The minimum atomic E-state index is -4.78. The summed E-state index contributed by atoms with van der Waals surface area (Å²) >= 11 is 0. The van der Waals surface area contributed by atoms with Gasteiger partial charge < -0.3 is 10.0 Å². The number of aromatic nitrogens is 2. The molecule has 0 radical (unpaired) electrons. The molecule has 1 aromatic rings. The maximum atomic E-state index is 12.7. The summed E-state index contributed by atoms with van der Waals surface area (Å²) in [7, 11) is 0. The molecule has 1 heterocycles. The van der Waals surface area contributed by atoms with Gasteiger partial charge in [0.15, 0.2) is 0 Å². The molecule has 0 aliphatic rings. The minimum absolute atomic E-state index is 0.0231. The van der Waals surface area contributed by atoms with E-state index in [1.807, 2.05) is 0 Å². The van der Waals surface area contributed by atoms with Gasteiger partial charge in [-0.3, -0.25) is 9.59 Å². The van der Waals surface area contributed by atoms with Crippen molar-refractivity contribution >= 4 is 11.9 Å². The lowest BCUT2D eigenvalue weighted by atomic mass is 10.2. The number of rotatable bonds is 5. The molecule has 9 heteroatoms. The highest BCUT2D eigenvalue weighted by molar-refractivity contribution is 5.94. The summed E-state index contributed by atoms with van der Waals surface area (Å²) in [5, 5.41) is 8.86. The van der Waals surface area contributed by atoms with E-state index >= 15 is 0 Å². The first kappa shape index (κ1) is 17.9. The third-order valence-corrected chi connectivity index (χ3v) is 3.02. The molecule has 1 atom stereocenters. The van der Waals surface area contributed by atoms with Crippen LogP contribution in [0.3, 0.4) is 0 Å². The highest BCUT2D eigenvalue weighted by Gasteiger charge is 2.36. The molecule has 22 heavy (non-hydrogen) atoms. The standard InChI is InChI=1S/C13H16F3N3O3/c1-4-8(3)19(6-10(20)21)11(22)9-5-7(2)17-12(18-9)13(14,15)16/h5,8H,4,6H2,1-3H3,(H,20,21). The van der Waals surface area contributed by atoms with Gasteiger partial charge in [0.25, 0.3) is 5.91 Å². The van der Waals surface area contributed by atoms with Gasteiger partial charge >= 0.3 is 12.1 Å². The zero-order chi connectivity index (χ0) is 17.1. The summed E-state index contributed by atoms with van der Waals surface area (Å²) in [5.74, 6) is -3.54. The second-order valence-corrected chi connectivity index (χ2v) is 4.80. The molecule has 0 aromatic carbocycles. The lowest BCUT2D eigenvalue weighted by molar-refractivity contribution is -0.145. The van der Waals surface area contributed by atoms with Crippen LogP contribution in [0.2, 0.25) is 0 Å². The molecule has 0 bridgehead atoms. The van der Waals surface area contributed by atoms with E-state index in [1.165, 1.54) is 6.92 Å². The fourth-order valence-electron chi connectivity index (χ4n) is 1.75. The van der Waals surface area contributed by atoms with E-state index in [9.17, 15) is 22.8 Å². The normalized spacial score (nSPS) is 12.8. The Hall–Kier alpha value is -2.19. The number of alkyl halides is 3. The summed E-state index contributed by atoms with van der Waals surface area (Å²) in [4.78, 5) is 30.6. The molecular weight excluding hydrogens is 303 g/mol. The van der Waals surface area contributed by atoms with Gasteiger partial charge in [0, 0.05) is 11.7 Å². The molecule has 0 fully saturated rings. The lowest BCUT2D eigenvalue weighted by Gasteiger charge is -2.26. The Morgan fingerprint density at radius 2 is 1.95 bits per heavy atom. The third-order valence-electron chi connectivity index (χ3n) is 3.02. The molecule has 0 saturated heterocycles. The van der Waals surface area contributed by atoms with Crippen LogP contribution in [0.4, 0.5) is 13.2 Å². The number of hydrogen-bond donors (Lipinski definition) is 1. The van der Waals surface area contributed by atoms with Crippen molar-refractivity contribution in [2.45, 2.75) is 39.4 Å². The predicted molar refractivity (Wildman–Crippen MR) is 70.2 cm³/mol. The predicted octanol–water partition coefficient (Wildman–Crippen LogP) is 2.13. The SMILES string of the molecule is CCC(C)N(CC(=O)O)C(=O)c1cc(C)nc(C(F)(F)F)n1. The second-order valence-electron chi connectivity index (χ2n) is 4.80. The Kier molecular flexibility index (Phi) is 5.45. The number of carbonyl (C=O) groups is 2. The van der Waals surface area contributed by atoms with Crippen LogP contribution < -0.4 is 0 Å². The fourth-order valence-corrected chi connectivity index (χ4v) is 1.75. The highest BCUT2D eigenvalue weighted by atomic mass is 19.4. The monoisotopic (exact) mass is 319 g/mol. The van der Waals surface area contributed by atoms with Crippen LogP contribution in [0, 0.1) is 6.92 Å². The number of hydrogen-bond acceptors (Lipinski definition) is 4. The molecule has 1 amide bonds. The first-order valence-corrected chi connectivity index (χ1v) is 6.51. The summed E-state index contributed by atoms with van der Waals surface area (Å²) in [6.45, 7) is 4.04. The molecule has 1 rings (SSSR count). The molecule has 6 nitrogen and oxygen atoms in total. The number of aryl methyl sites for hydroxylation is 1. The molecule has 0 aliphatic heterocycles. The van der Waals surface area contributed by atoms with Gasteiger partial charge in [0.1, 0.15) is 12.2 Å². The average Bonchev–Trinajstić information content (AvgIpc) is 2.41. The van der Waals surface area contributed by atoms with Crippen molar-refractivity contribution in [1.82, 2.24) is 14.9 Å². The molecule has 0 saturated carbocycles. The van der Waals surface area contributed by atoms with Gasteiger partial charge in [-0.05, 0) is 26.3 Å². The Morgan fingerprint density at radius 1 is 1.36 bits per heavy atom. The average molecular weight is 319 g/mol. The van der Waals surface area contributed by atoms with E-state index in [-0.39, 0.29) is 5.69 Å². The highest BCUT2D eigenvalue weighted by Crippen LogP contribution is 2.26. The van der Waals surface area contributed by atoms with Crippen LogP contribution >= 0.6 is 0 Å². The smallest absolute Gasteiger partial charge is 0.451 e. The van der Waals surface area contributed by atoms with Gasteiger partial charge in [-0.15, -0.1) is 0 Å². The quantitative estimate of drug-likeness (QED) is 0.899. The van der Waals surface area contributed by atoms with E-state index in [2.05, 4.69) is 9.97 Å². The Labute approximate surface area is 125 Å². The molecular formula is C13H16F3N3O3. The molecule has 1 N–H and O–H groups in total. The van der Waals surface area contributed by atoms with Crippen LogP contribution in [0.15, 0.2) is 6.07 Å². The van der Waals surface area contributed by atoms with Gasteiger partial charge in [0.2, 0.25) is 5.82 Å².